The molecule has 3 nitrogen and oxygen atoms in total. The highest BCUT2D eigenvalue weighted by Gasteiger charge is 2.23. The number of aliphatic imine (C=N–C) groups is 1. The molecule has 0 amide bonds. The minimum Gasteiger partial charge on any atom is -0.293 e. The molecule has 0 aliphatic carbocycles. The number of Topliss-reactive ketones (excluding diaryl/α,β-unsaturated/α-hetero) is 1. The lowest BCUT2D eigenvalue weighted by molar-refractivity contribution is -0.746. The summed E-state index contributed by atoms with van der Waals surface area (Å²) in [7, 11) is 1.98. The van der Waals surface area contributed by atoms with Crippen LogP contribution in [0.3, 0.4) is 0 Å². The van der Waals surface area contributed by atoms with Crippen molar-refractivity contribution in [3.63, 3.8) is 0 Å². The number of carbonyl (C=O) groups excluding carboxylic acids is 1. The second-order valence-corrected chi connectivity index (χ2v) is 4.20. The fourth-order valence-corrected chi connectivity index (χ4v) is 1.41. The highest BCUT2D eigenvalue weighted by atomic mass is 16.1. The second-order valence-electron chi connectivity index (χ2n) is 4.20. The average Bonchev–Trinajstić information content (AvgIpc) is 2.33. The summed E-state index contributed by atoms with van der Waals surface area (Å²) in [4.78, 5) is 15.5. The van der Waals surface area contributed by atoms with Crippen molar-refractivity contribution in [1.29, 1.82) is 0 Å². The van der Waals surface area contributed by atoms with Crippen LogP contribution in [-0.4, -0.2) is 30.2 Å². The summed E-state index contributed by atoms with van der Waals surface area (Å²) in [6.45, 7) is 4.65. The molecule has 0 spiro atoms. The Morgan fingerprint density at radius 3 is 2.69 bits per heavy atom. The number of ketones is 1. The van der Waals surface area contributed by atoms with Gasteiger partial charge in [-0.05, 0) is 5.92 Å². The first-order valence-electron chi connectivity index (χ1n) is 4.60. The van der Waals surface area contributed by atoms with Gasteiger partial charge in [0.2, 0.25) is 0 Å². The summed E-state index contributed by atoms with van der Waals surface area (Å²) in [5, 5.41) is 0. The van der Waals surface area contributed by atoms with Crippen LogP contribution in [0.1, 0.15) is 20.3 Å². The summed E-state index contributed by atoms with van der Waals surface area (Å²) < 4.78 is 0.519. The Balaban J connectivity index is 2.44. The van der Waals surface area contributed by atoms with E-state index in [1.54, 1.807) is 12.5 Å². The molecule has 1 aliphatic heterocycles. The molecule has 0 bridgehead atoms. The van der Waals surface area contributed by atoms with Crippen LogP contribution in [0.4, 0.5) is 0 Å². The normalized spacial score (nSPS) is 25.8. The summed E-state index contributed by atoms with van der Waals surface area (Å²) in [5.74, 6) is 0.748. The summed E-state index contributed by atoms with van der Waals surface area (Å²) in [6, 6.07) is 0. The molecular weight excluding hydrogens is 164 g/mol. The van der Waals surface area contributed by atoms with Gasteiger partial charge in [-0.1, -0.05) is 13.8 Å². The van der Waals surface area contributed by atoms with Gasteiger partial charge < -0.3 is 0 Å². The monoisotopic (exact) mass is 181 g/mol. The van der Waals surface area contributed by atoms with Crippen molar-refractivity contribution < 1.29 is 9.28 Å². The van der Waals surface area contributed by atoms with Crippen LogP contribution in [0.25, 0.3) is 0 Å². The number of nitrogens with zero attached hydrogens (tertiary/aromatic N) is 2. The first-order valence-corrected chi connectivity index (χ1v) is 4.60. The van der Waals surface area contributed by atoms with Gasteiger partial charge in [0.25, 0.3) is 0 Å². The maximum absolute atomic E-state index is 11.5. The molecule has 0 saturated carbocycles. The molecule has 0 aromatic heterocycles. The van der Waals surface area contributed by atoms with Gasteiger partial charge in [-0.15, -0.1) is 0 Å². The predicted octanol–water partition coefficient (Wildman–Crippen LogP) is 1.56. The van der Waals surface area contributed by atoms with Crippen LogP contribution in [0, 0.1) is 5.92 Å². The summed E-state index contributed by atoms with van der Waals surface area (Å²) >= 11 is 0. The van der Waals surface area contributed by atoms with Gasteiger partial charge in [0.1, 0.15) is 12.7 Å². The van der Waals surface area contributed by atoms with Crippen molar-refractivity contribution >= 4 is 12.1 Å². The van der Waals surface area contributed by atoms with Crippen molar-refractivity contribution in [2.75, 3.05) is 13.6 Å². The Labute approximate surface area is 79.4 Å². The van der Waals surface area contributed by atoms with E-state index in [-0.39, 0.29) is 0 Å². The van der Waals surface area contributed by atoms with Crippen molar-refractivity contribution in [3.05, 3.63) is 12.4 Å². The Kier molecular flexibility index (Phi) is 2.98. The number of likely N-dealkylation sites (N-methyl/N-ethyl adjacent to an activating group) is 1. The third-order valence-corrected chi connectivity index (χ3v) is 1.98. The molecule has 1 rings (SSSR count). The van der Waals surface area contributed by atoms with Crippen LogP contribution in [-0.2, 0) is 4.79 Å². The first-order chi connectivity index (χ1) is 6.02. The number of rotatable bonds is 4. The first kappa shape index (κ1) is 10.1. The van der Waals surface area contributed by atoms with Crippen LogP contribution in [0.15, 0.2) is 17.4 Å². The SMILES string of the molecule is CC(C)CC(=O)C[N+]1(C)C=CN=C1. The summed E-state index contributed by atoms with van der Waals surface area (Å²) in [5.41, 5.74) is 0. The van der Waals surface area contributed by atoms with Gasteiger partial charge >= 0.3 is 0 Å². The van der Waals surface area contributed by atoms with E-state index < -0.39 is 0 Å². The second kappa shape index (κ2) is 3.83. The number of quaternary nitrogens is 1. The maximum atomic E-state index is 11.5. The smallest absolute Gasteiger partial charge is 0.194 e. The molecule has 1 unspecified atom stereocenters. The quantitative estimate of drug-likeness (QED) is 0.605. The van der Waals surface area contributed by atoms with Gasteiger partial charge in [0.15, 0.2) is 12.1 Å². The molecular formula is C10H17N2O+. The van der Waals surface area contributed by atoms with E-state index in [2.05, 4.69) is 18.8 Å². The van der Waals surface area contributed by atoms with Gasteiger partial charge in [-0.2, -0.15) is 0 Å². The number of hydrogen-bond acceptors (Lipinski definition) is 2. The fraction of sp³-hybridized carbons (Fsp3) is 0.600. The van der Waals surface area contributed by atoms with Crippen LogP contribution in [0.2, 0.25) is 0 Å². The minimum absolute atomic E-state index is 0.301. The lowest BCUT2D eigenvalue weighted by atomic mass is 10.1. The third kappa shape index (κ3) is 3.11. The topological polar surface area (TPSA) is 29.4 Å². The van der Waals surface area contributed by atoms with Crippen molar-refractivity contribution in [1.82, 2.24) is 0 Å². The largest absolute Gasteiger partial charge is 0.293 e. The molecule has 0 saturated heterocycles. The standard InChI is InChI=1S/C10H17N2O/c1-9(2)6-10(13)7-12(3)5-4-11-8-12/h4-5,8-9H,6-7H2,1-3H3/q+1. The molecule has 0 fully saturated rings. The number of hydrogen-bond donors (Lipinski definition) is 0. The minimum atomic E-state index is 0.301. The van der Waals surface area contributed by atoms with Crippen LogP contribution >= 0.6 is 0 Å². The van der Waals surface area contributed by atoms with E-state index in [4.69, 9.17) is 0 Å². The molecule has 13 heavy (non-hydrogen) atoms. The predicted molar refractivity (Wildman–Crippen MR) is 53.1 cm³/mol. The van der Waals surface area contributed by atoms with Crippen molar-refractivity contribution in [2.24, 2.45) is 10.9 Å². The van der Waals surface area contributed by atoms with Gasteiger partial charge in [-0.3, -0.25) is 4.79 Å². The molecule has 0 aromatic carbocycles. The Hall–Kier alpha value is -0.960. The zero-order valence-electron chi connectivity index (χ0n) is 8.53. The average molecular weight is 181 g/mol. The Morgan fingerprint density at radius 2 is 2.23 bits per heavy atom. The summed E-state index contributed by atoms with van der Waals surface area (Å²) in [6.07, 6.45) is 6.12. The van der Waals surface area contributed by atoms with E-state index in [0.717, 1.165) is 0 Å². The van der Waals surface area contributed by atoms with Gasteiger partial charge in [0, 0.05) is 6.42 Å². The Morgan fingerprint density at radius 1 is 1.54 bits per heavy atom. The van der Waals surface area contributed by atoms with Crippen molar-refractivity contribution in [2.45, 2.75) is 20.3 Å². The van der Waals surface area contributed by atoms with E-state index >= 15 is 0 Å². The van der Waals surface area contributed by atoms with Crippen molar-refractivity contribution in [3.8, 4) is 0 Å². The lowest BCUT2D eigenvalue weighted by Gasteiger charge is -2.20. The molecule has 72 valence electrons. The molecule has 1 heterocycles. The molecule has 3 heteroatoms. The van der Waals surface area contributed by atoms with E-state index in [0.29, 0.717) is 29.1 Å². The van der Waals surface area contributed by atoms with Gasteiger partial charge in [0.05, 0.1) is 13.2 Å². The zero-order valence-corrected chi connectivity index (χ0v) is 8.53. The molecule has 1 aliphatic rings. The molecule has 0 N–H and O–H groups in total. The van der Waals surface area contributed by atoms with E-state index in [1.807, 2.05) is 13.2 Å². The maximum Gasteiger partial charge on any atom is 0.194 e. The molecule has 0 radical (unpaired) electrons. The van der Waals surface area contributed by atoms with E-state index in [1.165, 1.54) is 0 Å². The van der Waals surface area contributed by atoms with Crippen LogP contribution < -0.4 is 0 Å². The third-order valence-electron chi connectivity index (χ3n) is 1.98. The lowest BCUT2D eigenvalue weighted by Crippen LogP contribution is -2.40. The molecule has 1 atom stereocenters. The van der Waals surface area contributed by atoms with E-state index in [9.17, 15) is 4.79 Å². The molecule has 0 aromatic rings. The van der Waals surface area contributed by atoms with Crippen LogP contribution in [0.5, 0.6) is 0 Å². The fourth-order valence-electron chi connectivity index (χ4n) is 1.41. The zero-order chi connectivity index (χ0) is 9.90. The highest BCUT2D eigenvalue weighted by Crippen LogP contribution is 2.09. The number of carbonyl (C=O) groups is 1. The highest BCUT2D eigenvalue weighted by molar-refractivity contribution is 5.80. The Bertz CT molecular complexity index is 242. The van der Waals surface area contributed by atoms with Gasteiger partial charge in [-0.25, -0.2) is 9.48 Å².